The number of amidine groups is 1. The molecule has 8 heteroatoms. The van der Waals surface area contributed by atoms with Gasteiger partial charge in [-0.1, -0.05) is 31.7 Å². The van der Waals surface area contributed by atoms with Gasteiger partial charge in [-0.25, -0.2) is 14.9 Å². The Morgan fingerprint density at radius 3 is 2.58 bits per heavy atom. The van der Waals surface area contributed by atoms with Crippen LogP contribution in [0.4, 0.5) is 0 Å². The van der Waals surface area contributed by atoms with Crippen molar-refractivity contribution in [3.05, 3.63) is 41.2 Å². The molecule has 0 radical (unpaired) electrons. The highest BCUT2D eigenvalue weighted by Crippen LogP contribution is 2.25. The third-order valence-electron chi connectivity index (χ3n) is 3.86. The minimum Gasteiger partial charge on any atom is -0.463 e. The zero-order valence-electron chi connectivity index (χ0n) is 16.5. The van der Waals surface area contributed by atoms with Crippen molar-refractivity contribution >= 4 is 11.8 Å². The number of esters is 1. The first-order chi connectivity index (χ1) is 12.2. The third-order valence-corrected chi connectivity index (χ3v) is 3.86. The predicted octanol–water partition coefficient (Wildman–Crippen LogP) is 2.81. The predicted molar refractivity (Wildman–Crippen MR) is 99.3 cm³/mol. The van der Waals surface area contributed by atoms with Gasteiger partial charge in [0, 0.05) is 24.2 Å². The molecular weight excluding hydrogens is 336 g/mol. The van der Waals surface area contributed by atoms with Crippen LogP contribution in [0, 0.1) is 13.8 Å². The first-order valence-corrected chi connectivity index (χ1v) is 8.29. The molecule has 26 heavy (non-hydrogen) atoms. The number of rotatable bonds is 7. The number of hydroxylamine groups is 2. The molecule has 0 saturated carbocycles. The second kappa shape index (κ2) is 9.76. The Morgan fingerprint density at radius 2 is 2.12 bits per heavy atom. The van der Waals surface area contributed by atoms with E-state index < -0.39 is 5.97 Å². The number of nitrogens with zero attached hydrogens (tertiary/aromatic N) is 3. The number of aryl methyl sites for hydroxylation is 2. The highest BCUT2D eigenvalue weighted by Gasteiger charge is 2.18. The van der Waals surface area contributed by atoms with E-state index in [-0.39, 0.29) is 11.8 Å². The number of nitrogens with one attached hydrogen (secondary N) is 1. The number of hydrogen-bond donors (Lipinski definition) is 1. The molecule has 1 atom stereocenters. The van der Waals surface area contributed by atoms with Crippen LogP contribution in [0.3, 0.4) is 0 Å². The summed E-state index contributed by atoms with van der Waals surface area (Å²) >= 11 is 0. The van der Waals surface area contributed by atoms with Gasteiger partial charge in [-0.15, -0.1) is 0 Å². The first-order valence-electron chi connectivity index (χ1n) is 8.29. The molecule has 0 saturated heterocycles. The monoisotopic (exact) mass is 364 g/mol. The zero-order valence-corrected chi connectivity index (χ0v) is 16.5. The van der Waals surface area contributed by atoms with E-state index in [1.807, 2.05) is 20.8 Å². The molecule has 0 bridgehead atoms. The van der Waals surface area contributed by atoms with Crippen molar-refractivity contribution in [2.45, 2.75) is 40.0 Å². The minimum absolute atomic E-state index is 0.0123. The fraction of sp³-hybridized carbons (Fsp3) is 0.500. The lowest BCUT2D eigenvalue weighted by molar-refractivity contribution is -0.136. The summed E-state index contributed by atoms with van der Waals surface area (Å²) in [6.45, 7) is 11.7. The molecule has 8 nitrogen and oxygen atoms in total. The van der Waals surface area contributed by atoms with Crippen LogP contribution >= 0.6 is 0 Å². The summed E-state index contributed by atoms with van der Waals surface area (Å²) in [6.07, 6.45) is 2.79. The Balaban J connectivity index is 3.00. The molecule has 1 heterocycles. The summed E-state index contributed by atoms with van der Waals surface area (Å²) < 4.78 is 9.95. The van der Waals surface area contributed by atoms with Crippen LogP contribution in [0.1, 0.15) is 43.2 Å². The summed E-state index contributed by atoms with van der Waals surface area (Å²) in [4.78, 5) is 21.0. The average Bonchev–Trinajstić information content (AvgIpc) is 2.96. The van der Waals surface area contributed by atoms with Crippen molar-refractivity contribution in [2.75, 3.05) is 21.3 Å². The molecule has 1 rings (SSSR count). The first kappa shape index (κ1) is 21.4. The van der Waals surface area contributed by atoms with Crippen molar-refractivity contribution < 1.29 is 18.9 Å². The van der Waals surface area contributed by atoms with E-state index in [4.69, 9.17) is 14.1 Å². The number of methoxy groups -OCH3 is 1. The fourth-order valence-corrected chi connectivity index (χ4v) is 2.54. The number of allylic oxidation sites excluding steroid dienone is 2. The minimum atomic E-state index is -0.622. The van der Waals surface area contributed by atoms with Crippen molar-refractivity contribution in [1.29, 1.82) is 0 Å². The van der Waals surface area contributed by atoms with E-state index in [1.54, 1.807) is 7.05 Å². The van der Waals surface area contributed by atoms with Gasteiger partial charge in [-0.05, 0) is 20.3 Å². The Kier molecular flexibility index (Phi) is 8.05. The Morgan fingerprint density at radius 1 is 1.46 bits per heavy atom. The van der Waals surface area contributed by atoms with Crippen molar-refractivity contribution in [3.63, 3.8) is 0 Å². The Labute approximate surface area is 154 Å². The number of likely N-dealkylation sites (N-methyl/N-ethyl adjacent to an activating group) is 1. The van der Waals surface area contributed by atoms with Crippen molar-refractivity contribution in [3.8, 4) is 0 Å². The zero-order chi connectivity index (χ0) is 19.9. The van der Waals surface area contributed by atoms with Crippen LogP contribution in [-0.2, 0) is 14.4 Å². The smallest absolute Gasteiger partial charge is 0.376 e. The number of carbonyl (C=O) groups excluding carboxylic acids is 1. The van der Waals surface area contributed by atoms with Gasteiger partial charge in [0.15, 0.2) is 0 Å². The molecule has 0 amide bonds. The largest absolute Gasteiger partial charge is 0.463 e. The number of carbonyl (C=O) groups is 1. The lowest BCUT2D eigenvalue weighted by Gasteiger charge is -2.17. The van der Waals surface area contributed by atoms with Crippen LogP contribution in [-0.4, -0.2) is 43.3 Å². The van der Waals surface area contributed by atoms with E-state index >= 15 is 0 Å². The molecule has 0 spiro atoms. The van der Waals surface area contributed by atoms with Crippen molar-refractivity contribution in [1.82, 2.24) is 15.5 Å². The van der Waals surface area contributed by atoms with E-state index in [0.29, 0.717) is 5.82 Å². The molecule has 0 fully saturated rings. The molecule has 1 aromatic rings. The maximum absolute atomic E-state index is 11.8. The van der Waals surface area contributed by atoms with Gasteiger partial charge in [0.25, 0.3) is 0 Å². The number of aliphatic imine (C=N–C) groups is 1. The topological polar surface area (TPSA) is 89.2 Å². The Bertz CT molecular complexity index is 687. The molecule has 0 aromatic carbocycles. The standard InChI is InChI=1S/C18H28N4O4/c1-9-15(10-11(2)16-12(3)21-26-13(16)4)19-14(5)20-17(18(23)24-7)22(6)25-8/h10-11,19H,5,9H2,1-4,6-8H3/b15-10+,20-17?. The maximum atomic E-state index is 11.8. The highest BCUT2D eigenvalue weighted by molar-refractivity contribution is 6.35. The summed E-state index contributed by atoms with van der Waals surface area (Å²) in [5.41, 5.74) is 2.84. The summed E-state index contributed by atoms with van der Waals surface area (Å²) in [6, 6.07) is 0. The SMILES string of the molecule is C=C(N=C(C(=O)OC)N(C)OC)N/C(=C/C(C)c1c(C)noc1C)CC. The molecular formula is C18H28N4O4. The fourth-order valence-electron chi connectivity index (χ4n) is 2.54. The molecule has 0 aliphatic heterocycles. The normalized spacial score (nSPS) is 13.3. The molecule has 0 aliphatic carbocycles. The van der Waals surface area contributed by atoms with Gasteiger partial charge in [-0.3, -0.25) is 4.84 Å². The lowest BCUT2D eigenvalue weighted by Crippen LogP contribution is -2.34. The van der Waals surface area contributed by atoms with Gasteiger partial charge in [0.2, 0.25) is 5.84 Å². The van der Waals surface area contributed by atoms with E-state index in [1.165, 1.54) is 19.3 Å². The van der Waals surface area contributed by atoms with Crippen LogP contribution in [0.2, 0.25) is 0 Å². The van der Waals surface area contributed by atoms with Gasteiger partial charge in [0.05, 0.1) is 19.9 Å². The Hall–Kier alpha value is -2.61. The van der Waals surface area contributed by atoms with Gasteiger partial charge >= 0.3 is 5.97 Å². The molecule has 1 unspecified atom stereocenters. The van der Waals surface area contributed by atoms with Gasteiger partial charge in [-0.2, -0.15) is 0 Å². The highest BCUT2D eigenvalue weighted by atomic mass is 16.7. The van der Waals surface area contributed by atoms with Crippen LogP contribution in [0.25, 0.3) is 0 Å². The second-order valence-corrected chi connectivity index (χ2v) is 5.75. The molecule has 0 aliphatic rings. The molecule has 1 aromatic heterocycles. The number of ether oxygens (including phenoxy) is 1. The summed E-state index contributed by atoms with van der Waals surface area (Å²) in [5.74, 6) is 0.564. The lowest BCUT2D eigenvalue weighted by atomic mass is 9.98. The van der Waals surface area contributed by atoms with E-state index in [0.717, 1.165) is 29.1 Å². The van der Waals surface area contributed by atoms with E-state index in [9.17, 15) is 4.79 Å². The maximum Gasteiger partial charge on any atom is 0.376 e. The number of aromatic nitrogens is 1. The summed E-state index contributed by atoms with van der Waals surface area (Å²) in [7, 11) is 4.26. The van der Waals surface area contributed by atoms with Crippen LogP contribution in [0.5, 0.6) is 0 Å². The van der Waals surface area contributed by atoms with Crippen molar-refractivity contribution in [2.24, 2.45) is 4.99 Å². The van der Waals surface area contributed by atoms with Gasteiger partial charge in [0.1, 0.15) is 11.6 Å². The summed E-state index contributed by atoms with van der Waals surface area (Å²) in [5, 5.41) is 8.33. The van der Waals surface area contributed by atoms with Crippen LogP contribution < -0.4 is 5.32 Å². The number of hydrogen-bond acceptors (Lipinski definition) is 7. The quantitative estimate of drug-likeness (QED) is 0.344. The average molecular weight is 364 g/mol. The molecule has 144 valence electrons. The van der Waals surface area contributed by atoms with Gasteiger partial charge < -0.3 is 14.6 Å². The van der Waals surface area contributed by atoms with E-state index in [2.05, 4.69) is 35.0 Å². The molecule has 1 N–H and O–H groups in total. The van der Waals surface area contributed by atoms with Crippen LogP contribution in [0.15, 0.2) is 33.7 Å². The second-order valence-electron chi connectivity index (χ2n) is 5.75. The third kappa shape index (κ3) is 5.45.